The lowest BCUT2D eigenvalue weighted by molar-refractivity contribution is -0.141. The zero-order valence-electron chi connectivity index (χ0n) is 9.30. The number of pyridine rings is 1. The summed E-state index contributed by atoms with van der Waals surface area (Å²) in [6.07, 6.45) is -2.74. The SMILES string of the molecule is CC(C)C1CCc2nc(C(F)(F)F)ccc21. The van der Waals surface area contributed by atoms with Gasteiger partial charge in [0.1, 0.15) is 5.69 Å². The minimum absolute atomic E-state index is 0.366. The number of rotatable bonds is 1. The first-order chi connectivity index (χ1) is 7.39. The molecular formula is C12H14F3N. The topological polar surface area (TPSA) is 12.9 Å². The summed E-state index contributed by atoms with van der Waals surface area (Å²) in [5.41, 5.74) is 0.868. The molecule has 1 nitrogen and oxygen atoms in total. The Balaban J connectivity index is 2.37. The summed E-state index contributed by atoms with van der Waals surface area (Å²) >= 11 is 0. The van der Waals surface area contributed by atoms with Crippen LogP contribution in [-0.2, 0) is 12.6 Å². The van der Waals surface area contributed by atoms with Crippen LogP contribution in [0.2, 0.25) is 0 Å². The van der Waals surface area contributed by atoms with E-state index in [9.17, 15) is 13.2 Å². The van der Waals surface area contributed by atoms with E-state index < -0.39 is 11.9 Å². The Morgan fingerprint density at radius 3 is 2.56 bits per heavy atom. The molecule has 1 aliphatic carbocycles. The van der Waals surface area contributed by atoms with Crippen LogP contribution in [-0.4, -0.2) is 4.98 Å². The Kier molecular flexibility index (Phi) is 2.68. The number of halogens is 3. The first-order valence-electron chi connectivity index (χ1n) is 5.46. The maximum absolute atomic E-state index is 12.4. The van der Waals surface area contributed by atoms with Gasteiger partial charge in [0.2, 0.25) is 0 Å². The molecular weight excluding hydrogens is 215 g/mol. The highest BCUT2D eigenvalue weighted by Gasteiger charge is 2.35. The van der Waals surface area contributed by atoms with Gasteiger partial charge in [-0.3, -0.25) is 0 Å². The lowest BCUT2D eigenvalue weighted by atomic mass is 9.91. The second-order valence-corrected chi connectivity index (χ2v) is 4.62. The van der Waals surface area contributed by atoms with E-state index in [4.69, 9.17) is 0 Å². The van der Waals surface area contributed by atoms with E-state index in [1.165, 1.54) is 0 Å². The monoisotopic (exact) mass is 229 g/mol. The molecule has 0 aromatic carbocycles. The standard InChI is InChI=1S/C12H14F3N/c1-7(2)8-3-5-10-9(8)4-6-11(16-10)12(13,14)15/h4,6-8H,3,5H2,1-2H3. The third kappa shape index (κ3) is 1.93. The van der Waals surface area contributed by atoms with E-state index in [0.717, 1.165) is 18.1 Å². The van der Waals surface area contributed by atoms with Crippen molar-refractivity contribution in [1.29, 1.82) is 0 Å². The maximum atomic E-state index is 12.4. The zero-order chi connectivity index (χ0) is 11.9. The van der Waals surface area contributed by atoms with Crippen LogP contribution in [0.5, 0.6) is 0 Å². The summed E-state index contributed by atoms with van der Waals surface area (Å²) in [5, 5.41) is 0. The van der Waals surface area contributed by atoms with Crippen molar-refractivity contribution in [2.75, 3.05) is 0 Å². The fourth-order valence-electron chi connectivity index (χ4n) is 2.35. The van der Waals surface area contributed by atoms with E-state index in [2.05, 4.69) is 18.8 Å². The van der Waals surface area contributed by atoms with Gasteiger partial charge in [-0.25, -0.2) is 4.98 Å². The van der Waals surface area contributed by atoms with E-state index in [1.54, 1.807) is 6.07 Å². The molecule has 0 bridgehead atoms. The number of aromatic nitrogens is 1. The van der Waals surface area contributed by atoms with Gasteiger partial charge in [0.15, 0.2) is 0 Å². The number of fused-ring (bicyclic) bond motifs is 1. The Morgan fingerprint density at radius 2 is 2.00 bits per heavy atom. The summed E-state index contributed by atoms with van der Waals surface area (Å²) in [5.74, 6) is 0.824. The first-order valence-corrected chi connectivity index (χ1v) is 5.46. The molecule has 0 fully saturated rings. The van der Waals surface area contributed by atoms with Gasteiger partial charge in [0.25, 0.3) is 0 Å². The Bertz CT molecular complexity index is 396. The Labute approximate surface area is 92.7 Å². The lowest BCUT2D eigenvalue weighted by Crippen LogP contribution is -2.10. The minimum Gasteiger partial charge on any atom is -0.248 e. The molecule has 0 saturated heterocycles. The van der Waals surface area contributed by atoms with Crippen molar-refractivity contribution in [3.8, 4) is 0 Å². The van der Waals surface area contributed by atoms with Gasteiger partial charge in [-0.1, -0.05) is 19.9 Å². The average molecular weight is 229 g/mol. The predicted molar refractivity (Wildman–Crippen MR) is 55.1 cm³/mol. The smallest absolute Gasteiger partial charge is 0.248 e. The maximum Gasteiger partial charge on any atom is 0.433 e. The molecule has 16 heavy (non-hydrogen) atoms. The van der Waals surface area contributed by atoms with Gasteiger partial charge in [0.05, 0.1) is 0 Å². The van der Waals surface area contributed by atoms with Crippen molar-refractivity contribution < 1.29 is 13.2 Å². The first kappa shape index (κ1) is 11.4. The second-order valence-electron chi connectivity index (χ2n) is 4.62. The fraction of sp³-hybridized carbons (Fsp3) is 0.583. The quantitative estimate of drug-likeness (QED) is 0.714. The minimum atomic E-state index is -4.33. The number of alkyl halides is 3. The van der Waals surface area contributed by atoms with Gasteiger partial charge in [-0.05, 0) is 36.3 Å². The van der Waals surface area contributed by atoms with E-state index in [-0.39, 0.29) is 0 Å². The summed E-state index contributed by atoms with van der Waals surface area (Å²) in [4.78, 5) is 3.73. The van der Waals surface area contributed by atoms with Crippen LogP contribution in [0.4, 0.5) is 13.2 Å². The molecule has 0 saturated carbocycles. The molecule has 1 aliphatic rings. The third-order valence-corrected chi connectivity index (χ3v) is 3.20. The van der Waals surface area contributed by atoms with Gasteiger partial charge in [-0.15, -0.1) is 0 Å². The largest absolute Gasteiger partial charge is 0.433 e. The van der Waals surface area contributed by atoms with Crippen molar-refractivity contribution in [1.82, 2.24) is 4.98 Å². The molecule has 1 atom stereocenters. The van der Waals surface area contributed by atoms with E-state index in [1.807, 2.05) is 0 Å². The lowest BCUT2D eigenvalue weighted by Gasteiger charge is -2.15. The molecule has 1 aromatic heterocycles. The van der Waals surface area contributed by atoms with Crippen molar-refractivity contribution >= 4 is 0 Å². The Morgan fingerprint density at radius 1 is 1.31 bits per heavy atom. The molecule has 0 aliphatic heterocycles. The van der Waals surface area contributed by atoms with Crippen LogP contribution in [0.15, 0.2) is 12.1 Å². The third-order valence-electron chi connectivity index (χ3n) is 3.20. The highest BCUT2D eigenvalue weighted by molar-refractivity contribution is 5.32. The normalized spacial score (nSPS) is 20.2. The van der Waals surface area contributed by atoms with Gasteiger partial charge in [0, 0.05) is 5.69 Å². The van der Waals surface area contributed by atoms with Crippen LogP contribution >= 0.6 is 0 Å². The van der Waals surface area contributed by atoms with E-state index in [0.29, 0.717) is 24.0 Å². The number of hydrogen-bond acceptors (Lipinski definition) is 1. The van der Waals surface area contributed by atoms with Crippen molar-refractivity contribution in [2.45, 2.75) is 38.8 Å². The van der Waals surface area contributed by atoms with Crippen LogP contribution < -0.4 is 0 Å². The van der Waals surface area contributed by atoms with Crippen molar-refractivity contribution in [2.24, 2.45) is 5.92 Å². The Hall–Kier alpha value is -1.06. The van der Waals surface area contributed by atoms with Crippen LogP contribution in [0.1, 0.15) is 43.1 Å². The molecule has 1 unspecified atom stereocenters. The molecule has 4 heteroatoms. The number of aryl methyl sites for hydroxylation is 1. The molecule has 1 aromatic rings. The summed E-state index contributed by atoms with van der Waals surface area (Å²) in [6.45, 7) is 4.19. The molecule has 0 amide bonds. The van der Waals surface area contributed by atoms with Crippen molar-refractivity contribution in [3.05, 3.63) is 29.1 Å². The molecule has 2 rings (SSSR count). The second kappa shape index (κ2) is 3.75. The van der Waals surface area contributed by atoms with Crippen LogP contribution in [0, 0.1) is 5.92 Å². The molecule has 0 spiro atoms. The molecule has 0 N–H and O–H groups in total. The van der Waals surface area contributed by atoms with E-state index >= 15 is 0 Å². The molecule has 0 radical (unpaired) electrons. The van der Waals surface area contributed by atoms with Gasteiger partial charge in [-0.2, -0.15) is 13.2 Å². The zero-order valence-corrected chi connectivity index (χ0v) is 9.30. The predicted octanol–water partition coefficient (Wildman–Crippen LogP) is 3.79. The van der Waals surface area contributed by atoms with Crippen molar-refractivity contribution in [3.63, 3.8) is 0 Å². The highest BCUT2D eigenvalue weighted by atomic mass is 19.4. The van der Waals surface area contributed by atoms with Gasteiger partial charge >= 0.3 is 6.18 Å². The summed E-state index contributed by atoms with van der Waals surface area (Å²) < 4.78 is 37.3. The van der Waals surface area contributed by atoms with Gasteiger partial charge < -0.3 is 0 Å². The number of hydrogen-bond donors (Lipinski definition) is 0. The summed E-state index contributed by atoms with van der Waals surface area (Å²) in [6, 6.07) is 2.70. The summed E-state index contributed by atoms with van der Waals surface area (Å²) in [7, 11) is 0. The van der Waals surface area contributed by atoms with Crippen LogP contribution in [0.3, 0.4) is 0 Å². The highest BCUT2D eigenvalue weighted by Crippen LogP contribution is 2.39. The fourth-order valence-corrected chi connectivity index (χ4v) is 2.35. The average Bonchev–Trinajstić information content (AvgIpc) is 2.58. The molecule has 88 valence electrons. The number of nitrogens with zero attached hydrogens (tertiary/aromatic N) is 1. The molecule has 1 heterocycles. The van der Waals surface area contributed by atoms with Crippen LogP contribution in [0.25, 0.3) is 0 Å².